The molecule has 0 aliphatic rings. The summed E-state index contributed by atoms with van der Waals surface area (Å²) in [6.07, 6.45) is -2.55. The lowest BCUT2D eigenvalue weighted by atomic mass is 10.1. The Bertz CT molecular complexity index is 379. The lowest BCUT2D eigenvalue weighted by molar-refractivity contribution is -0.174. The van der Waals surface area contributed by atoms with E-state index in [1.165, 1.54) is 18.0 Å². The number of hydrogen-bond donors (Lipinski definition) is 1. The van der Waals surface area contributed by atoms with Gasteiger partial charge in [0, 0.05) is 13.7 Å². The van der Waals surface area contributed by atoms with E-state index in [-0.39, 0.29) is 13.0 Å². The molecule has 0 spiro atoms. The first kappa shape index (κ1) is 14.8. The van der Waals surface area contributed by atoms with Crippen molar-refractivity contribution in [2.45, 2.75) is 18.6 Å². The minimum atomic E-state index is -4.31. The molecule has 0 fully saturated rings. The fraction of sp³-hybridized carbons (Fsp3) is 0.700. The normalized spacial score (nSPS) is 13.7. The van der Waals surface area contributed by atoms with Crippen molar-refractivity contribution >= 4 is 0 Å². The second-order valence-electron chi connectivity index (χ2n) is 3.78. The highest BCUT2D eigenvalue weighted by Gasteiger charge is 2.27. The van der Waals surface area contributed by atoms with Crippen LogP contribution in [0.1, 0.15) is 18.2 Å². The highest BCUT2D eigenvalue weighted by molar-refractivity contribution is 5.27. The third-order valence-electron chi connectivity index (χ3n) is 2.36. The maximum absolute atomic E-state index is 11.8. The molecule has 0 saturated carbocycles. The van der Waals surface area contributed by atoms with E-state index in [0.29, 0.717) is 11.4 Å². The van der Waals surface area contributed by atoms with Gasteiger partial charge in [0.2, 0.25) is 0 Å². The van der Waals surface area contributed by atoms with Gasteiger partial charge in [-0.3, -0.25) is 4.68 Å². The summed E-state index contributed by atoms with van der Waals surface area (Å²) in [4.78, 5) is 0. The van der Waals surface area contributed by atoms with E-state index in [4.69, 9.17) is 10.5 Å². The average molecular weight is 267 g/mol. The Balaban J connectivity index is 2.45. The maximum atomic E-state index is 11.8. The van der Waals surface area contributed by atoms with Gasteiger partial charge in [0.15, 0.2) is 5.75 Å². The Hall–Kier alpha value is -1.28. The molecule has 1 heterocycles. The molecule has 8 heteroatoms. The van der Waals surface area contributed by atoms with Gasteiger partial charge in [0.1, 0.15) is 6.61 Å². The lowest BCUT2D eigenvalue weighted by Gasteiger charge is -2.14. The van der Waals surface area contributed by atoms with Crippen LogP contribution in [-0.4, -0.2) is 36.3 Å². The Morgan fingerprint density at radius 3 is 2.72 bits per heavy atom. The zero-order chi connectivity index (χ0) is 13.8. The summed E-state index contributed by atoms with van der Waals surface area (Å²) in [5.74, 6) is 0.515. The molecule has 104 valence electrons. The largest absolute Gasteiger partial charge is 0.493 e. The van der Waals surface area contributed by atoms with E-state index in [0.717, 1.165) is 0 Å². The molecule has 0 radical (unpaired) electrons. The average Bonchev–Trinajstić information content (AvgIpc) is 2.64. The molecular weight excluding hydrogens is 251 g/mol. The van der Waals surface area contributed by atoms with Crippen molar-refractivity contribution in [1.82, 2.24) is 9.78 Å². The fourth-order valence-electron chi connectivity index (χ4n) is 1.54. The van der Waals surface area contributed by atoms with Crippen LogP contribution in [-0.2, 0) is 11.8 Å². The number of rotatable bonds is 6. The second-order valence-corrected chi connectivity index (χ2v) is 3.78. The van der Waals surface area contributed by atoms with Crippen molar-refractivity contribution in [3.05, 3.63) is 11.9 Å². The van der Waals surface area contributed by atoms with Crippen molar-refractivity contribution in [2.24, 2.45) is 12.8 Å². The number of methoxy groups -OCH3 is 1. The van der Waals surface area contributed by atoms with Gasteiger partial charge in [0.25, 0.3) is 0 Å². The molecule has 5 nitrogen and oxygen atoms in total. The number of alkyl halides is 3. The lowest BCUT2D eigenvalue weighted by Crippen LogP contribution is -2.21. The summed E-state index contributed by atoms with van der Waals surface area (Å²) in [5.41, 5.74) is 6.50. The summed E-state index contributed by atoms with van der Waals surface area (Å²) in [6.45, 7) is -1.34. The van der Waals surface area contributed by atoms with Crippen molar-refractivity contribution < 1.29 is 22.6 Å². The number of halogens is 3. The van der Waals surface area contributed by atoms with Crippen molar-refractivity contribution in [1.29, 1.82) is 0 Å². The van der Waals surface area contributed by atoms with Crippen molar-refractivity contribution in [3.8, 4) is 5.75 Å². The van der Waals surface area contributed by atoms with E-state index < -0.39 is 18.8 Å². The number of nitrogens with two attached hydrogens (primary N) is 1. The predicted molar refractivity (Wildman–Crippen MR) is 58.2 cm³/mol. The molecule has 2 N–H and O–H groups in total. The van der Waals surface area contributed by atoms with E-state index in [2.05, 4.69) is 9.84 Å². The van der Waals surface area contributed by atoms with Gasteiger partial charge < -0.3 is 15.2 Å². The minimum Gasteiger partial charge on any atom is -0.493 e. The summed E-state index contributed by atoms with van der Waals surface area (Å²) in [5, 5.41) is 3.97. The summed E-state index contributed by atoms with van der Waals surface area (Å²) < 4.78 is 46.6. The first-order chi connectivity index (χ1) is 8.35. The van der Waals surface area contributed by atoms with Crippen molar-refractivity contribution in [2.75, 3.05) is 20.3 Å². The van der Waals surface area contributed by atoms with Crippen LogP contribution < -0.4 is 10.5 Å². The quantitative estimate of drug-likeness (QED) is 0.791. The minimum absolute atomic E-state index is 0.0744. The van der Waals surface area contributed by atoms with E-state index in [9.17, 15) is 13.2 Å². The molecular formula is C10H16F3N3O2. The van der Waals surface area contributed by atoms with E-state index >= 15 is 0 Å². The highest BCUT2D eigenvalue weighted by Crippen LogP contribution is 2.24. The van der Waals surface area contributed by atoms with Crippen LogP contribution in [0.5, 0.6) is 5.75 Å². The summed E-state index contributed by atoms with van der Waals surface area (Å²) in [7, 11) is 3.17. The van der Waals surface area contributed by atoms with Gasteiger partial charge in [-0.2, -0.15) is 18.3 Å². The molecule has 0 aliphatic heterocycles. The zero-order valence-corrected chi connectivity index (χ0v) is 10.2. The number of ether oxygens (including phenoxy) is 2. The van der Waals surface area contributed by atoms with Crippen LogP contribution in [0.4, 0.5) is 13.2 Å². The zero-order valence-electron chi connectivity index (χ0n) is 10.2. The number of nitrogens with zero attached hydrogens (tertiary/aromatic N) is 2. The Kier molecular flexibility index (Phi) is 4.97. The number of aromatic nitrogens is 2. The van der Waals surface area contributed by atoms with Gasteiger partial charge in [-0.25, -0.2) is 0 Å². The molecule has 0 amide bonds. The third kappa shape index (κ3) is 4.19. The van der Waals surface area contributed by atoms with E-state index in [1.807, 2.05) is 0 Å². The topological polar surface area (TPSA) is 62.3 Å². The van der Waals surface area contributed by atoms with Crippen LogP contribution in [0.3, 0.4) is 0 Å². The Labute approximate surface area is 103 Å². The molecule has 1 rings (SSSR count). The van der Waals surface area contributed by atoms with Crippen LogP contribution in [0.25, 0.3) is 0 Å². The van der Waals surface area contributed by atoms with Gasteiger partial charge in [-0.1, -0.05) is 0 Å². The Morgan fingerprint density at radius 2 is 2.17 bits per heavy atom. The molecule has 1 atom stereocenters. The molecule has 0 aliphatic carbocycles. The first-order valence-corrected chi connectivity index (χ1v) is 5.31. The highest BCUT2D eigenvalue weighted by atomic mass is 19.4. The summed E-state index contributed by atoms with van der Waals surface area (Å²) in [6, 6.07) is -0.485. The molecule has 0 aromatic carbocycles. The number of hydrogen-bond acceptors (Lipinski definition) is 4. The van der Waals surface area contributed by atoms with Gasteiger partial charge in [0.05, 0.1) is 25.0 Å². The van der Waals surface area contributed by atoms with Gasteiger partial charge in [-0.05, 0) is 6.42 Å². The molecule has 0 saturated heterocycles. The Morgan fingerprint density at radius 1 is 1.50 bits per heavy atom. The van der Waals surface area contributed by atoms with Crippen LogP contribution in [0.15, 0.2) is 6.20 Å². The van der Waals surface area contributed by atoms with Crippen LogP contribution in [0, 0.1) is 0 Å². The molecule has 1 aromatic heterocycles. The molecule has 1 aromatic rings. The maximum Gasteiger partial charge on any atom is 0.411 e. The fourth-order valence-corrected chi connectivity index (χ4v) is 1.54. The second kappa shape index (κ2) is 6.05. The summed E-state index contributed by atoms with van der Waals surface area (Å²) >= 11 is 0. The molecule has 0 bridgehead atoms. The van der Waals surface area contributed by atoms with E-state index in [1.54, 1.807) is 7.05 Å². The monoisotopic (exact) mass is 267 g/mol. The standard InChI is InChI=1S/C10H16F3N3O2/c1-16-9(8(17-2)5-15-16)7(14)3-4-18-6-10(11,12)13/h5,7H,3-4,6,14H2,1-2H3. The predicted octanol–water partition coefficient (Wildman–Crippen LogP) is 1.40. The third-order valence-corrected chi connectivity index (χ3v) is 2.36. The smallest absolute Gasteiger partial charge is 0.411 e. The van der Waals surface area contributed by atoms with Crippen LogP contribution >= 0.6 is 0 Å². The molecule has 1 unspecified atom stereocenters. The van der Waals surface area contributed by atoms with Gasteiger partial charge in [-0.15, -0.1) is 0 Å². The molecule has 18 heavy (non-hydrogen) atoms. The SMILES string of the molecule is COc1cnn(C)c1C(N)CCOCC(F)(F)F. The first-order valence-electron chi connectivity index (χ1n) is 5.31. The van der Waals surface area contributed by atoms with Crippen LogP contribution in [0.2, 0.25) is 0 Å². The number of aryl methyl sites for hydroxylation is 1. The van der Waals surface area contributed by atoms with Crippen molar-refractivity contribution in [3.63, 3.8) is 0 Å². The van der Waals surface area contributed by atoms with Gasteiger partial charge >= 0.3 is 6.18 Å².